The molecule has 0 aromatic carbocycles. The van der Waals surface area contributed by atoms with Gasteiger partial charge in [-0.2, -0.15) is 0 Å². The maximum atomic E-state index is 6.34. The lowest BCUT2D eigenvalue weighted by Gasteiger charge is -2.25. The summed E-state index contributed by atoms with van der Waals surface area (Å²) in [6.45, 7) is 2.62. The van der Waals surface area contributed by atoms with Gasteiger partial charge in [0.05, 0.1) is 38.8 Å². The highest BCUT2D eigenvalue weighted by Crippen LogP contribution is 2.40. The average molecular weight is 500 g/mol. The van der Waals surface area contributed by atoms with Crippen LogP contribution in [0.25, 0.3) is 22.5 Å². The van der Waals surface area contributed by atoms with Gasteiger partial charge in [-0.25, -0.2) is 14.5 Å². The van der Waals surface area contributed by atoms with E-state index in [0.717, 1.165) is 46.0 Å². The second-order valence-corrected chi connectivity index (χ2v) is 10.1. The van der Waals surface area contributed by atoms with E-state index < -0.39 is 0 Å². The molecule has 4 aromatic heterocycles. The van der Waals surface area contributed by atoms with Gasteiger partial charge in [-0.1, -0.05) is 0 Å². The Morgan fingerprint density at radius 1 is 1.15 bits per heavy atom. The first-order valence-electron chi connectivity index (χ1n) is 11.3. The zero-order chi connectivity index (χ0) is 23.1. The van der Waals surface area contributed by atoms with E-state index >= 15 is 0 Å². The van der Waals surface area contributed by atoms with Crippen LogP contribution in [0.1, 0.15) is 48.8 Å². The predicted octanol–water partition coefficient (Wildman–Crippen LogP) is 5.16. The van der Waals surface area contributed by atoms with Gasteiger partial charge in [-0.15, -0.1) is 16.4 Å². The average Bonchev–Trinajstić information content (AvgIpc) is 3.65. The first-order chi connectivity index (χ1) is 16.7. The summed E-state index contributed by atoms with van der Waals surface area (Å²) in [6, 6.07) is 2.01. The summed E-state index contributed by atoms with van der Waals surface area (Å²) in [5.41, 5.74) is 2.66. The topological polar surface area (TPSA) is 87.2 Å². The first-order valence-corrected chi connectivity index (χ1v) is 13.0. The minimum atomic E-state index is -0.186. The van der Waals surface area contributed by atoms with Crippen LogP contribution < -0.4 is 9.64 Å². The van der Waals surface area contributed by atoms with E-state index in [-0.39, 0.29) is 6.10 Å². The highest BCUT2D eigenvalue weighted by Gasteiger charge is 2.28. The fourth-order valence-electron chi connectivity index (χ4n) is 4.36. The molecule has 5 heterocycles. The molecular weight excluding hydrogens is 474 g/mol. The number of imidazole rings is 1. The number of furan rings is 1. The molecule has 0 N–H and O–H groups in total. The van der Waals surface area contributed by atoms with Crippen molar-refractivity contribution in [3.63, 3.8) is 0 Å². The van der Waals surface area contributed by atoms with Gasteiger partial charge in [-0.3, -0.25) is 0 Å². The third-order valence-corrected chi connectivity index (χ3v) is 7.96. The molecule has 1 unspecified atom stereocenters. The summed E-state index contributed by atoms with van der Waals surface area (Å²) in [5, 5.41) is 8.10. The van der Waals surface area contributed by atoms with Crippen LogP contribution in [-0.2, 0) is 16.1 Å². The zero-order valence-electron chi connectivity index (χ0n) is 19.0. The minimum absolute atomic E-state index is 0.186. The van der Waals surface area contributed by atoms with Gasteiger partial charge in [0.15, 0.2) is 10.9 Å². The van der Waals surface area contributed by atoms with Crippen LogP contribution in [0.2, 0.25) is 0 Å². The van der Waals surface area contributed by atoms with Crippen molar-refractivity contribution in [2.24, 2.45) is 0 Å². The summed E-state index contributed by atoms with van der Waals surface area (Å²) in [6.07, 6.45) is 8.01. The molecule has 6 rings (SSSR count). The highest BCUT2D eigenvalue weighted by molar-refractivity contribution is 7.18. The number of ether oxygens (including phenoxy) is 3. The Bertz CT molecular complexity index is 1300. The summed E-state index contributed by atoms with van der Waals surface area (Å²) < 4.78 is 24.9. The van der Waals surface area contributed by atoms with Crippen LogP contribution in [-0.4, -0.2) is 46.9 Å². The van der Waals surface area contributed by atoms with Crippen molar-refractivity contribution in [3.05, 3.63) is 40.4 Å². The SMILES string of the molecule is COC1=Cc2oc(-c3cn4nc(OC)sc4n3)cc2C(OCc2csc(N3CCCCC3)n2)C1. The van der Waals surface area contributed by atoms with Crippen molar-refractivity contribution in [3.8, 4) is 16.6 Å². The number of methoxy groups -OCH3 is 2. The number of fused-ring (bicyclic) bond motifs is 2. The van der Waals surface area contributed by atoms with Gasteiger partial charge < -0.3 is 23.5 Å². The monoisotopic (exact) mass is 499 g/mol. The molecule has 34 heavy (non-hydrogen) atoms. The van der Waals surface area contributed by atoms with Gasteiger partial charge >= 0.3 is 0 Å². The Labute approximate surface area is 204 Å². The molecule has 0 saturated carbocycles. The number of rotatable bonds is 7. The Hall–Kier alpha value is -2.89. The summed E-state index contributed by atoms with van der Waals surface area (Å²) in [7, 11) is 3.27. The van der Waals surface area contributed by atoms with Gasteiger partial charge in [0.2, 0.25) is 4.96 Å². The van der Waals surface area contributed by atoms with Crippen molar-refractivity contribution in [1.82, 2.24) is 19.6 Å². The number of thiazole rings is 1. The zero-order valence-corrected chi connectivity index (χ0v) is 20.7. The number of piperidine rings is 1. The van der Waals surface area contributed by atoms with Gasteiger partial charge in [0.1, 0.15) is 17.2 Å². The van der Waals surface area contributed by atoms with Crippen molar-refractivity contribution in [2.45, 2.75) is 38.4 Å². The van der Waals surface area contributed by atoms with E-state index in [2.05, 4.69) is 20.4 Å². The molecule has 9 nitrogen and oxygen atoms in total. The normalized spacial score (nSPS) is 18.2. The summed E-state index contributed by atoms with van der Waals surface area (Å²) >= 11 is 3.08. The molecule has 178 valence electrons. The Morgan fingerprint density at radius 2 is 2.03 bits per heavy atom. The first kappa shape index (κ1) is 21.6. The van der Waals surface area contributed by atoms with Crippen LogP contribution in [0.4, 0.5) is 5.13 Å². The van der Waals surface area contributed by atoms with Crippen molar-refractivity contribution < 1.29 is 18.6 Å². The highest BCUT2D eigenvalue weighted by atomic mass is 32.1. The molecule has 4 aromatic rings. The molecule has 1 aliphatic carbocycles. The van der Waals surface area contributed by atoms with Crippen LogP contribution in [0.15, 0.2) is 27.8 Å². The molecule has 11 heteroatoms. The number of aromatic nitrogens is 4. The fourth-order valence-corrected chi connectivity index (χ4v) is 5.92. The Kier molecular flexibility index (Phi) is 5.75. The van der Waals surface area contributed by atoms with E-state index in [1.165, 1.54) is 30.6 Å². The van der Waals surface area contributed by atoms with E-state index in [9.17, 15) is 0 Å². The van der Waals surface area contributed by atoms with E-state index in [1.54, 1.807) is 30.1 Å². The molecule has 0 spiro atoms. The molecule has 1 saturated heterocycles. The third-order valence-electron chi connectivity index (χ3n) is 6.13. The second kappa shape index (κ2) is 9.05. The number of nitrogens with zero attached hydrogens (tertiary/aromatic N) is 5. The molecule has 1 aliphatic heterocycles. The van der Waals surface area contributed by atoms with E-state index in [1.807, 2.05) is 18.3 Å². The molecule has 1 fully saturated rings. The van der Waals surface area contributed by atoms with Gasteiger partial charge in [0, 0.05) is 36.5 Å². The van der Waals surface area contributed by atoms with Crippen LogP contribution in [0.5, 0.6) is 5.19 Å². The predicted molar refractivity (Wildman–Crippen MR) is 130 cm³/mol. The fraction of sp³-hybridized carbons (Fsp3) is 0.435. The maximum Gasteiger partial charge on any atom is 0.294 e. The molecule has 1 atom stereocenters. The summed E-state index contributed by atoms with van der Waals surface area (Å²) in [4.78, 5) is 12.6. The van der Waals surface area contributed by atoms with Gasteiger partial charge in [-0.05, 0) is 36.7 Å². The number of hydrogen-bond acceptors (Lipinski definition) is 10. The lowest BCUT2D eigenvalue weighted by atomic mass is 9.99. The molecular formula is C23H25N5O4S2. The third kappa shape index (κ3) is 4.08. The smallest absolute Gasteiger partial charge is 0.294 e. The summed E-state index contributed by atoms with van der Waals surface area (Å²) in [5.74, 6) is 2.23. The number of hydrogen-bond donors (Lipinski definition) is 0. The largest absolute Gasteiger partial charge is 0.501 e. The maximum absolute atomic E-state index is 6.34. The Balaban J connectivity index is 1.21. The van der Waals surface area contributed by atoms with Crippen molar-refractivity contribution in [2.75, 3.05) is 32.2 Å². The van der Waals surface area contributed by atoms with Crippen molar-refractivity contribution in [1.29, 1.82) is 0 Å². The quantitative estimate of drug-likeness (QED) is 0.345. The molecule has 0 bridgehead atoms. The van der Waals surface area contributed by atoms with Crippen LogP contribution in [0, 0.1) is 0 Å². The number of anilines is 1. The van der Waals surface area contributed by atoms with Crippen LogP contribution >= 0.6 is 22.7 Å². The van der Waals surface area contributed by atoms with Gasteiger partial charge in [0.25, 0.3) is 5.19 Å². The lowest BCUT2D eigenvalue weighted by molar-refractivity contribution is 0.0275. The second-order valence-electron chi connectivity index (χ2n) is 8.34. The molecule has 2 aliphatic rings. The molecule has 0 radical (unpaired) electrons. The Morgan fingerprint density at radius 3 is 2.82 bits per heavy atom. The van der Waals surface area contributed by atoms with E-state index in [0.29, 0.717) is 29.7 Å². The van der Waals surface area contributed by atoms with Crippen LogP contribution in [0.3, 0.4) is 0 Å². The van der Waals surface area contributed by atoms with E-state index in [4.69, 9.17) is 23.6 Å². The standard InChI is InChI=1S/C23H25N5O4S2/c1-29-15-8-18(31-12-14-13-33-21(24-14)27-6-4-3-5-7-27)16-10-20(32-19(16)9-15)17-11-28-22(25-17)34-23(26-28)30-2/h9-11,13,18H,3-8,12H2,1-2H3. The van der Waals surface area contributed by atoms with Crippen molar-refractivity contribution >= 4 is 38.8 Å². The lowest BCUT2D eigenvalue weighted by Crippen LogP contribution is -2.29. The minimum Gasteiger partial charge on any atom is -0.501 e. The molecule has 0 amide bonds.